The van der Waals surface area contributed by atoms with Crippen LogP contribution in [0, 0.1) is 0 Å². The van der Waals surface area contributed by atoms with E-state index in [1.165, 1.54) is 0 Å². The molecule has 0 aliphatic carbocycles. The van der Waals surface area contributed by atoms with Gasteiger partial charge in [0.25, 0.3) is 0 Å². The van der Waals surface area contributed by atoms with Gasteiger partial charge in [-0.05, 0) is 42.5 Å². The van der Waals surface area contributed by atoms with Gasteiger partial charge in [0.2, 0.25) is 17.7 Å². The molecule has 0 unspecified atom stereocenters. The Morgan fingerprint density at radius 3 is 2.00 bits per heavy atom. The number of nitrogens with zero attached hydrogens (tertiary/aromatic N) is 1. The van der Waals surface area contributed by atoms with Crippen LogP contribution in [0.3, 0.4) is 0 Å². The van der Waals surface area contributed by atoms with Crippen molar-refractivity contribution in [3.05, 3.63) is 108 Å². The highest BCUT2D eigenvalue weighted by Gasteiger charge is 2.35. The van der Waals surface area contributed by atoms with Crippen LogP contribution in [0.1, 0.15) is 29.5 Å². The van der Waals surface area contributed by atoms with Crippen LogP contribution in [0.25, 0.3) is 0 Å². The molecule has 11 nitrogen and oxygen atoms in total. The molecule has 0 radical (unpaired) electrons. The van der Waals surface area contributed by atoms with Crippen LogP contribution < -0.4 is 32.3 Å². The van der Waals surface area contributed by atoms with Gasteiger partial charge in [-0.1, -0.05) is 91.0 Å². The molecule has 238 valence electrons. The van der Waals surface area contributed by atoms with Crippen molar-refractivity contribution >= 4 is 23.8 Å². The number of piperazine rings is 1. The predicted octanol–water partition coefficient (Wildman–Crippen LogP) is 1.44. The summed E-state index contributed by atoms with van der Waals surface area (Å²) < 4.78 is 0. The van der Waals surface area contributed by atoms with E-state index < -0.39 is 18.0 Å². The van der Waals surface area contributed by atoms with Crippen LogP contribution in [0.4, 0.5) is 4.79 Å². The summed E-state index contributed by atoms with van der Waals surface area (Å²) in [4.78, 5) is 53.8. The Hall–Kier alpha value is -4.74. The second kappa shape index (κ2) is 17.5. The van der Waals surface area contributed by atoms with Crippen molar-refractivity contribution in [2.75, 3.05) is 26.2 Å². The highest BCUT2D eigenvalue weighted by atomic mass is 16.2. The van der Waals surface area contributed by atoms with E-state index in [1.54, 1.807) is 4.90 Å². The topological polar surface area (TPSA) is 158 Å². The number of carbonyl (C=O) groups is 4. The maximum absolute atomic E-state index is 13.4. The number of urea groups is 1. The summed E-state index contributed by atoms with van der Waals surface area (Å²) >= 11 is 0. The zero-order chi connectivity index (χ0) is 31.9. The van der Waals surface area contributed by atoms with Crippen molar-refractivity contribution in [3.8, 4) is 0 Å². The summed E-state index contributed by atoms with van der Waals surface area (Å²) in [6.45, 7) is 1.17. The second-order valence-electron chi connectivity index (χ2n) is 11.1. The number of rotatable bonds is 15. The van der Waals surface area contributed by atoms with Gasteiger partial charge in [-0.15, -0.1) is 0 Å². The lowest BCUT2D eigenvalue weighted by Gasteiger charge is -2.40. The molecular weight excluding hydrogens is 570 g/mol. The van der Waals surface area contributed by atoms with E-state index in [-0.39, 0.29) is 43.5 Å². The largest absolute Gasteiger partial charge is 0.353 e. The number of hydrogen-bond donors (Lipinski definition) is 6. The molecule has 3 atom stereocenters. The summed E-state index contributed by atoms with van der Waals surface area (Å²) in [5.74, 6) is -0.905. The molecule has 11 heteroatoms. The van der Waals surface area contributed by atoms with E-state index in [1.807, 2.05) is 91.0 Å². The summed E-state index contributed by atoms with van der Waals surface area (Å²) in [7, 11) is 0. The standard InChI is InChI=1S/C34H43N7O4/c35-18-10-17-28(33(44)37-20-26-13-6-2-7-14-26)39-32(43)24-41-23-31(42)36-22-30(41)29(19-25-11-4-1-5-12-25)40-34(45)38-21-27-15-8-3-9-16-27/h1-9,11-16,28-30H,10,17-24,35H2,(H,36,42)(H,37,44)(H,39,43)(H2,38,40,45)/t28-,29-,30+/m0/s1. The van der Waals surface area contributed by atoms with Crippen LogP contribution in [0.15, 0.2) is 91.0 Å². The van der Waals surface area contributed by atoms with Gasteiger partial charge < -0.3 is 32.3 Å². The maximum atomic E-state index is 13.4. The molecular formula is C34H43N7O4. The molecule has 45 heavy (non-hydrogen) atoms. The second-order valence-corrected chi connectivity index (χ2v) is 11.1. The first-order valence-corrected chi connectivity index (χ1v) is 15.3. The summed E-state index contributed by atoms with van der Waals surface area (Å²) in [5.41, 5.74) is 8.62. The molecule has 3 aromatic carbocycles. The van der Waals surface area contributed by atoms with E-state index in [9.17, 15) is 19.2 Å². The Morgan fingerprint density at radius 2 is 1.40 bits per heavy atom. The van der Waals surface area contributed by atoms with Gasteiger partial charge in [0.05, 0.1) is 19.1 Å². The third-order valence-corrected chi connectivity index (χ3v) is 7.70. The van der Waals surface area contributed by atoms with Gasteiger partial charge >= 0.3 is 6.03 Å². The molecule has 1 aliphatic heterocycles. The Balaban J connectivity index is 1.43. The summed E-state index contributed by atoms with van der Waals surface area (Å²) in [5, 5.41) is 14.6. The van der Waals surface area contributed by atoms with Crippen molar-refractivity contribution in [2.24, 2.45) is 5.73 Å². The maximum Gasteiger partial charge on any atom is 0.315 e. The number of benzene rings is 3. The number of nitrogens with one attached hydrogen (secondary N) is 5. The van der Waals surface area contributed by atoms with Crippen molar-refractivity contribution in [1.29, 1.82) is 0 Å². The highest BCUT2D eigenvalue weighted by molar-refractivity contribution is 5.89. The molecule has 7 N–H and O–H groups in total. The Bertz CT molecular complexity index is 1380. The number of hydrogen-bond acceptors (Lipinski definition) is 6. The molecule has 1 fully saturated rings. The summed E-state index contributed by atoms with van der Waals surface area (Å²) in [6.07, 6.45) is 1.42. The van der Waals surface area contributed by atoms with E-state index >= 15 is 0 Å². The lowest BCUT2D eigenvalue weighted by Crippen LogP contribution is -2.65. The molecule has 3 aromatic rings. The van der Waals surface area contributed by atoms with Gasteiger partial charge in [0, 0.05) is 25.7 Å². The monoisotopic (exact) mass is 613 g/mol. The fraction of sp³-hybridized carbons (Fsp3) is 0.353. The van der Waals surface area contributed by atoms with E-state index in [4.69, 9.17) is 5.73 Å². The van der Waals surface area contributed by atoms with E-state index in [0.29, 0.717) is 38.9 Å². The SMILES string of the molecule is NCCC[C@H](NC(=O)CN1CC(=O)NC[C@@H]1[C@H](Cc1ccccc1)NC(=O)NCc1ccccc1)C(=O)NCc1ccccc1. The van der Waals surface area contributed by atoms with Gasteiger partial charge in [-0.3, -0.25) is 19.3 Å². The third-order valence-electron chi connectivity index (χ3n) is 7.70. The Morgan fingerprint density at radius 1 is 0.822 bits per heavy atom. The van der Waals surface area contributed by atoms with Crippen LogP contribution in [-0.4, -0.2) is 73.0 Å². The van der Waals surface area contributed by atoms with Crippen LogP contribution in [0.5, 0.6) is 0 Å². The molecule has 0 bridgehead atoms. The lowest BCUT2D eigenvalue weighted by molar-refractivity contribution is -0.132. The third kappa shape index (κ3) is 11.0. The highest BCUT2D eigenvalue weighted by Crippen LogP contribution is 2.14. The molecule has 0 aromatic heterocycles. The zero-order valence-electron chi connectivity index (χ0n) is 25.4. The minimum Gasteiger partial charge on any atom is -0.353 e. The smallest absolute Gasteiger partial charge is 0.315 e. The fourth-order valence-electron chi connectivity index (χ4n) is 5.35. The number of nitrogens with two attached hydrogens (primary N) is 1. The first-order chi connectivity index (χ1) is 21.9. The van der Waals surface area contributed by atoms with Gasteiger partial charge in [0.15, 0.2) is 0 Å². The van der Waals surface area contributed by atoms with Gasteiger partial charge in [0.1, 0.15) is 6.04 Å². The quantitative estimate of drug-likeness (QED) is 0.152. The average molecular weight is 614 g/mol. The summed E-state index contributed by atoms with van der Waals surface area (Å²) in [6, 6.07) is 26.9. The normalized spacial score (nSPS) is 16.1. The minimum atomic E-state index is -0.774. The van der Waals surface area contributed by atoms with Gasteiger partial charge in [-0.25, -0.2) is 4.79 Å². The number of amides is 5. The van der Waals surface area contributed by atoms with Crippen molar-refractivity contribution in [2.45, 2.75) is 50.5 Å². The molecule has 4 rings (SSSR count). The van der Waals surface area contributed by atoms with Crippen molar-refractivity contribution in [3.63, 3.8) is 0 Å². The fourth-order valence-corrected chi connectivity index (χ4v) is 5.35. The van der Waals surface area contributed by atoms with Crippen molar-refractivity contribution < 1.29 is 19.2 Å². The van der Waals surface area contributed by atoms with Crippen LogP contribution in [-0.2, 0) is 33.9 Å². The molecule has 0 spiro atoms. The Kier molecular flexibility index (Phi) is 12.9. The van der Waals surface area contributed by atoms with Crippen molar-refractivity contribution in [1.82, 2.24) is 31.5 Å². The zero-order valence-corrected chi connectivity index (χ0v) is 25.4. The van der Waals surface area contributed by atoms with Crippen LogP contribution >= 0.6 is 0 Å². The first kappa shape index (κ1) is 33.2. The predicted molar refractivity (Wildman–Crippen MR) is 173 cm³/mol. The van der Waals surface area contributed by atoms with E-state index in [2.05, 4.69) is 26.6 Å². The average Bonchev–Trinajstić information content (AvgIpc) is 3.06. The Labute approximate surface area is 264 Å². The van der Waals surface area contributed by atoms with Crippen LogP contribution in [0.2, 0.25) is 0 Å². The first-order valence-electron chi connectivity index (χ1n) is 15.3. The number of carbonyl (C=O) groups excluding carboxylic acids is 4. The molecule has 5 amide bonds. The minimum absolute atomic E-state index is 0.0235. The van der Waals surface area contributed by atoms with E-state index in [0.717, 1.165) is 16.7 Å². The molecule has 1 heterocycles. The lowest BCUT2D eigenvalue weighted by atomic mass is 9.96. The molecule has 1 aliphatic rings. The van der Waals surface area contributed by atoms with Gasteiger partial charge in [-0.2, -0.15) is 0 Å². The molecule has 0 saturated carbocycles. The molecule has 1 saturated heterocycles.